The highest BCUT2D eigenvalue weighted by Gasteiger charge is 2.31. The molecule has 0 aliphatic carbocycles. The molecular weight excluding hydrogens is 551 g/mol. The van der Waals surface area contributed by atoms with Crippen molar-refractivity contribution < 1.29 is 50.5 Å². The number of alkyl halides is 3. The van der Waals surface area contributed by atoms with Gasteiger partial charge in [-0.05, 0) is 52.3 Å². The summed E-state index contributed by atoms with van der Waals surface area (Å²) in [4.78, 5) is 26.6. The SMILES string of the molecule is NC(=O)c1c(F)ccc(OC(CCC(=O)O)c2nc(-c3ccc(OC(F)(F)F)cc3)c(Br)o2)c1F. The minimum Gasteiger partial charge on any atom is -0.481 e. The van der Waals surface area contributed by atoms with Crippen molar-refractivity contribution in [2.75, 3.05) is 0 Å². The van der Waals surface area contributed by atoms with E-state index in [-0.39, 0.29) is 22.7 Å². The number of nitrogens with zero attached hydrogens (tertiary/aromatic N) is 1. The Kier molecular flexibility index (Phi) is 7.63. The van der Waals surface area contributed by atoms with Crippen LogP contribution < -0.4 is 15.2 Å². The van der Waals surface area contributed by atoms with Gasteiger partial charge in [0.15, 0.2) is 22.3 Å². The second-order valence-electron chi connectivity index (χ2n) is 6.88. The second-order valence-corrected chi connectivity index (χ2v) is 7.60. The molecule has 0 radical (unpaired) electrons. The van der Waals surface area contributed by atoms with E-state index in [4.69, 9.17) is 20.0 Å². The molecule has 186 valence electrons. The van der Waals surface area contributed by atoms with Crippen LogP contribution in [-0.2, 0) is 4.79 Å². The highest BCUT2D eigenvalue weighted by Crippen LogP contribution is 2.36. The molecule has 3 N–H and O–H groups in total. The van der Waals surface area contributed by atoms with Crippen LogP contribution in [0.5, 0.6) is 11.5 Å². The molecule has 1 unspecified atom stereocenters. The van der Waals surface area contributed by atoms with Gasteiger partial charge in [-0.2, -0.15) is 0 Å². The van der Waals surface area contributed by atoms with Crippen LogP contribution in [0.1, 0.15) is 35.2 Å². The number of benzene rings is 2. The summed E-state index contributed by atoms with van der Waals surface area (Å²) in [6, 6.07) is 6.23. The second kappa shape index (κ2) is 10.3. The Hall–Kier alpha value is -3.68. The topological polar surface area (TPSA) is 125 Å². The van der Waals surface area contributed by atoms with Crippen LogP contribution in [0.15, 0.2) is 45.5 Å². The predicted octanol–water partition coefficient (Wildman–Crippen LogP) is 5.36. The summed E-state index contributed by atoms with van der Waals surface area (Å²) in [6.45, 7) is 0. The summed E-state index contributed by atoms with van der Waals surface area (Å²) in [6.07, 6.45) is -6.93. The molecule has 0 saturated carbocycles. The Morgan fingerprint density at radius 2 is 1.80 bits per heavy atom. The lowest BCUT2D eigenvalue weighted by Crippen LogP contribution is -2.17. The minimum absolute atomic E-state index is 0.0123. The number of nitrogens with two attached hydrogens (primary N) is 1. The number of carbonyl (C=O) groups is 2. The molecule has 1 heterocycles. The van der Waals surface area contributed by atoms with Gasteiger partial charge in [-0.15, -0.1) is 13.2 Å². The number of amides is 1. The van der Waals surface area contributed by atoms with Crippen LogP contribution in [-0.4, -0.2) is 28.3 Å². The zero-order valence-electron chi connectivity index (χ0n) is 17.2. The first-order valence-corrected chi connectivity index (χ1v) is 10.3. The number of oxazole rings is 1. The lowest BCUT2D eigenvalue weighted by atomic mass is 10.1. The number of carbonyl (C=O) groups excluding carboxylic acids is 1. The molecule has 0 fully saturated rings. The summed E-state index contributed by atoms with van der Waals surface area (Å²) in [5, 5.41) is 9.04. The van der Waals surface area contributed by atoms with E-state index >= 15 is 0 Å². The van der Waals surface area contributed by atoms with Crippen molar-refractivity contribution in [3.05, 3.63) is 64.2 Å². The lowest BCUT2D eigenvalue weighted by molar-refractivity contribution is -0.274. The summed E-state index contributed by atoms with van der Waals surface area (Å²) in [5.41, 5.74) is 4.35. The molecular formula is C21H14BrF5N2O6. The third-order valence-corrected chi connectivity index (χ3v) is 4.97. The zero-order chi connectivity index (χ0) is 25.9. The number of hydrogen-bond acceptors (Lipinski definition) is 6. The third-order valence-electron chi connectivity index (χ3n) is 4.43. The van der Waals surface area contributed by atoms with Crippen molar-refractivity contribution in [1.82, 2.24) is 4.98 Å². The largest absolute Gasteiger partial charge is 0.573 e. The van der Waals surface area contributed by atoms with E-state index in [1.165, 1.54) is 12.1 Å². The Balaban J connectivity index is 1.93. The molecule has 3 rings (SSSR count). The average Bonchev–Trinajstić information content (AvgIpc) is 3.13. The van der Waals surface area contributed by atoms with Gasteiger partial charge in [0.05, 0.1) is 0 Å². The fraction of sp³-hybridized carbons (Fsp3) is 0.190. The van der Waals surface area contributed by atoms with Gasteiger partial charge in [-0.3, -0.25) is 9.59 Å². The molecule has 0 saturated heterocycles. The fourth-order valence-corrected chi connectivity index (χ4v) is 3.42. The van der Waals surface area contributed by atoms with Crippen molar-refractivity contribution in [2.45, 2.75) is 25.3 Å². The first-order chi connectivity index (χ1) is 16.4. The monoisotopic (exact) mass is 564 g/mol. The Bertz CT molecular complexity index is 1250. The summed E-state index contributed by atoms with van der Waals surface area (Å²) in [7, 11) is 0. The van der Waals surface area contributed by atoms with Gasteiger partial charge in [0.2, 0.25) is 5.89 Å². The van der Waals surface area contributed by atoms with Crippen LogP contribution in [0.25, 0.3) is 11.3 Å². The van der Waals surface area contributed by atoms with E-state index in [9.17, 15) is 31.5 Å². The number of ether oxygens (including phenoxy) is 2. The maximum absolute atomic E-state index is 14.6. The summed E-state index contributed by atoms with van der Waals surface area (Å²) >= 11 is 3.11. The van der Waals surface area contributed by atoms with Crippen LogP contribution in [0.4, 0.5) is 22.0 Å². The number of carboxylic acids is 1. The Morgan fingerprint density at radius 1 is 1.14 bits per heavy atom. The van der Waals surface area contributed by atoms with Crippen LogP contribution >= 0.6 is 15.9 Å². The standard InChI is InChI=1S/C21H14BrF5N2O6/c22-18-17(9-1-3-10(4-2-9)35-21(25,26)27)29-20(34-18)13(7-8-14(30)31)33-12-6-5-11(23)15(16(12)24)19(28)32/h1-6,13H,7-8H2,(H2,28,32)(H,30,31). The molecule has 0 spiro atoms. The van der Waals surface area contributed by atoms with Gasteiger partial charge in [-0.25, -0.2) is 13.8 Å². The van der Waals surface area contributed by atoms with Crippen molar-refractivity contribution in [3.8, 4) is 22.8 Å². The van der Waals surface area contributed by atoms with Crippen LogP contribution in [0.2, 0.25) is 0 Å². The molecule has 35 heavy (non-hydrogen) atoms. The highest BCUT2D eigenvalue weighted by molar-refractivity contribution is 9.10. The smallest absolute Gasteiger partial charge is 0.481 e. The van der Waals surface area contributed by atoms with Gasteiger partial charge in [0.25, 0.3) is 5.91 Å². The summed E-state index contributed by atoms with van der Waals surface area (Å²) < 4.78 is 80.3. The maximum atomic E-state index is 14.6. The van der Waals surface area contributed by atoms with E-state index < -0.39 is 59.5 Å². The molecule has 8 nitrogen and oxygen atoms in total. The molecule has 1 amide bonds. The normalized spacial score (nSPS) is 12.3. The van der Waals surface area contributed by atoms with Gasteiger partial charge in [-0.1, -0.05) is 0 Å². The highest BCUT2D eigenvalue weighted by atomic mass is 79.9. The predicted molar refractivity (Wildman–Crippen MR) is 111 cm³/mol. The van der Waals surface area contributed by atoms with Crippen LogP contribution in [0.3, 0.4) is 0 Å². The third kappa shape index (κ3) is 6.47. The molecule has 1 atom stereocenters. The average molecular weight is 565 g/mol. The maximum Gasteiger partial charge on any atom is 0.573 e. The molecule has 0 aliphatic rings. The number of primary amides is 1. The molecule has 0 bridgehead atoms. The van der Waals surface area contributed by atoms with Crippen molar-refractivity contribution in [3.63, 3.8) is 0 Å². The van der Waals surface area contributed by atoms with Gasteiger partial charge >= 0.3 is 12.3 Å². The number of aliphatic carboxylic acids is 1. The fourth-order valence-electron chi connectivity index (χ4n) is 2.94. The minimum atomic E-state index is -4.87. The van der Waals surface area contributed by atoms with Gasteiger partial charge in [0.1, 0.15) is 22.8 Å². The van der Waals surface area contributed by atoms with Crippen molar-refractivity contribution >= 4 is 27.8 Å². The summed E-state index contributed by atoms with van der Waals surface area (Å²) in [5.74, 6) is -6.53. The van der Waals surface area contributed by atoms with Crippen molar-refractivity contribution in [2.24, 2.45) is 5.73 Å². The quantitative estimate of drug-likeness (QED) is 0.335. The lowest BCUT2D eigenvalue weighted by Gasteiger charge is -2.17. The molecule has 3 aromatic rings. The van der Waals surface area contributed by atoms with Gasteiger partial charge in [0, 0.05) is 18.4 Å². The molecule has 2 aromatic carbocycles. The van der Waals surface area contributed by atoms with Crippen LogP contribution in [0, 0.1) is 11.6 Å². The van der Waals surface area contributed by atoms with Crippen molar-refractivity contribution in [1.29, 1.82) is 0 Å². The molecule has 0 aliphatic heterocycles. The van der Waals surface area contributed by atoms with E-state index in [2.05, 4.69) is 25.7 Å². The first-order valence-electron chi connectivity index (χ1n) is 9.54. The zero-order valence-corrected chi connectivity index (χ0v) is 18.8. The Morgan fingerprint density at radius 3 is 2.37 bits per heavy atom. The number of aromatic nitrogens is 1. The number of halogens is 6. The molecule has 1 aromatic heterocycles. The number of carboxylic acid groups (broad SMARTS) is 1. The molecule has 14 heteroatoms. The van der Waals surface area contributed by atoms with E-state index in [1.54, 1.807) is 0 Å². The van der Waals surface area contributed by atoms with Gasteiger partial charge < -0.3 is 24.7 Å². The number of hydrogen-bond donors (Lipinski definition) is 2. The number of rotatable bonds is 9. The first kappa shape index (κ1) is 25.9. The van der Waals surface area contributed by atoms with E-state index in [0.29, 0.717) is 5.56 Å². The van der Waals surface area contributed by atoms with E-state index in [1.807, 2.05) is 0 Å². The van der Waals surface area contributed by atoms with E-state index in [0.717, 1.165) is 24.3 Å². The Labute approximate surface area is 201 Å².